The normalized spacial score (nSPS) is 12.8. The molecule has 0 aliphatic heterocycles. The van der Waals surface area contributed by atoms with E-state index >= 15 is 0 Å². The van der Waals surface area contributed by atoms with E-state index in [0.717, 1.165) is 11.8 Å². The molecule has 3 rings (SSSR count). The van der Waals surface area contributed by atoms with E-state index in [4.69, 9.17) is 23.2 Å². The molecule has 0 spiro atoms. The predicted octanol–water partition coefficient (Wildman–Crippen LogP) is 6.07. The van der Waals surface area contributed by atoms with Gasteiger partial charge < -0.3 is 5.32 Å². The lowest BCUT2D eigenvalue weighted by atomic mass is 10.2. The van der Waals surface area contributed by atoms with Crippen LogP contribution in [0.25, 0.3) is 10.9 Å². The van der Waals surface area contributed by atoms with Crippen molar-refractivity contribution in [3.8, 4) is 0 Å². The molecular formula is C18H12Cl2F3N3OS. The van der Waals surface area contributed by atoms with Crippen LogP contribution in [0.5, 0.6) is 0 Å². The molecule has 1 N–H and O–H groups in total. The number of benzene rings is 2. The minimum absolute atomic E-state index is 0.0674. The molecule has 28 heavy (non-hydrogen) atoms. The van der Waals surface area contributed by atoms with Crippen molar-refractivity contribution in [2.45, 2.75) is 23.4 Å². The third kappa shape index (κ3) is 4.51. The van der Waals surface area contributed by atoms with Gasteiger partial charge in [-0.3, -0.25) is 4.79 Å². The average Bonchev–Trinajstić information content (AvgIpc) is 2.64. The lowest BCUT2D eigenvalue weighted by Crippen LogP contribution is -2.23. The first-order valence-corrected chi connectivity index (χ1v) is 9.56. The van der Waals surface area contributed by atoms with Gasteiger partial charge in [-0.05, 0) is 25.1 Å². The number of rotatable bonds is 4. The summed E-state index contributed by atoms with van der Waals surface area (Å²) in [5, 5.41) is 2.82. The van der Waals surface area contributed by atoms with Crippen LogP contribution in [0.15, 0.2) is 47.5 Å². The Kier molecular flexibility index (Phi) is 6.02. The van der Waals surface area contributed by atoms with E-state index < -0.39 is 23.2 Å². The van der Waals surface area contributed by atoms with Gasteiger partial charge in [-0.15, -0.1) is 0 Å². The minimum Gasteiger partial charge on any atom is -0.324 e. The van der Waals surface area contributed by atoms with E-state index in [1.165, 1.54) is 6.07 Å². The highest BCUT2D eigenvalue weighted by Crippen LogP contribution is 2.34. The molecule has 3 aromatic rings. The summed E-state index contributed by atoms with van der Waals surface area (Å²) in [5.41, 5.74) is 0.466. The lowest BCUT2D eigenvalue weighted by molar-refractivity contribution is -0.145. The van der Waals surface area contributed by atoms with Gasteiger partial charge in [0.15, 0.2) is 0 Å². The molecule has 0 saturated heterocycles. The minimum atomic E-state index is -4.70. The fraction of sp³-hybridized carbons (Fsp3) is 0.167. The first-order chi connectivity index (χ1) is 13.2. The molecule has 2 aromatic carbocycles. The summed E-state index contributed by atoms with van der Waals surface area (Å²) in [6, 6.07) is 11.1. The monoisotopic (exact) mass is 445 g/mol. The summed E-state index contributed by atoms with van der Waals surface area (Å²) >= 11 is 12.9. The third-order valence-electron chi connectivity index (χ3n) is 3.69. The van der Waals surface area contributed by atoms with Gasteiger partial charge in [0, 0.05) is 5.39 Å². The Morgan fingerprint density at radius 2 is 1.82 bits per heavy atom. The van der Waals surface area contributed by atoms with E-state index in [0.29, 0.717) is 11.1 Å². The number of fused-ring (bicyclic) bond motifs is 1. The van der Waals surface area contributed by atoms with Crippen LogP contribution in [0.3, 0.4) is 0 Å². The van der Waals surface area contributed by atoms with E-state index in [2.05, 4.69) is 15.3 Å². The van der Waals surface area contributed by atoms with Crippen molar-refractivity contribution < 1.29 is 18.0 Å². The number of anilines is 1. The quantitative estimate of drug-likeness (QED) is 0.390. The molecule has 0 bridgehead atoms. The van der Waals surface area contributed by atoms with E-state index in [1.807, 2.05) is 0 Å². The van der Waals surface area contributed by atoms with Crippen molar-refractivity contribution in [2.24, 2.45) is 0 Å². The van der Waals surface area contributed by atoms with Crippen LogP contribution in [0.2, 0.25) is 10.0 Å². The van der Waals surface area contributed by atoms with Crippen molar-refractivity contribution in [3.05, 3.63) is 58.3 Å². The van der Waals surface area contributed by atoms with Crippen LogP contribution in [0.4, 0.5) is 18.9 Å². The van der Waals surface area contributed by atoms with Crippen molar-refractivity contribution in [3.63, 3.8) is 0 Å². The maximum absolute atomic E-state index is 13.1. The van der Waals surface area contributed by atoms with Gasteiger partial charge in [-0.2, -0.15) is 13.2 Å². The Hall–Kier alpha value is -2.03. The number of alkyl halides is 3. The van der Waals surface area contributed by atoms with Crippen LogP contribution in [0.1, 0.15) is 12.7 Å². The number of carbonyl (C=O) groups is 1. The van der Waals surface area contributed by atoms with Crippen LogP contribution in [-0.2, 0) is 11.0 Å². The highest BCUT2D eigenvalue weighted by atomic mass is 35.5. The Balaban J connectivity index is 1.89. The fourth-order valence-electron chi connectivity index (χ4n) is 2.32. The molecule has 0 fully saturated rings. The second-order valence-corrected chi connectivity index (χ2v) is 7.83. The van der Waals surface area contributed by atoms with Crippen LogP contribution < -0.4 is 5.32 Å². The van der Waals surface area contributed by atoms with Gasteiger partial charge in [0.05, 0.1) is 26.5 Å². The lowest BCUT2D eigenvalue weighted by Gasteiger charge is -2.15. The number of nitrogens with zero attached hydrogens (tertiary/aromatic N) is 2. The number of thioether (sulfide) groups is 1. The number of halogens is 5. The maximum atomic E-state index is 13.1. The molecule has 10 heteroatoms. The van der Waals surface area contributed by atoms with E-state index in [-0.39, 0.29) is 20.6 Å². The van der Waals surface area contributed by atoms with Crippen LogP contribution in [-0.4, -0.2) is 21.1 Å². The standard InChI is InChI=1S/C18H12Cl2F3N3OS/c1-9(15(27)24-13-8-4-6-11(19)14(13)20)28-16-10-5-2-3-7-12(10)25-17(26-16)18(21,22)23/h2-9H,1H3,(H,24,27). The highest BCUT2D eigenvalue weighted by Gasteiger charge is 2.36. The molecule has 4 nitrogen and oxygen atoms in total. The average molecular weight is 446 g/mol. The molecule has 0 aliphatic carbocycles. The third-order valence-corrected chi connectivity index (χ3v) is 5.61. The number of carbonyl (C=O) groups excluding carboxylic acids is 1. The molecule has 146 valence electrons. The highest BCUT2D eigenvalue weighted by molar-refractivity contribution is 8.00. The largest absolute Gasteiger partial charge is 0.451 e. The number of hydrogen-bond acceptors (Lipinski definition) is 4. The molecule has 1 aromatic heterocycles. The summed E-state index contributed by atoms with van der Waals surface area (Å²) in [6.45, 7) is 1.56. The second kappa shape index (κ2) is 8.14. The molecule has 0 aliphatic rings. The van der Waals surface area contributed by atoms with Gasteiger partial charge in [0.1, 0.15) is 5.03 Å². The number of hydrogen-bond donors (Lipinski definition) is 1. The van der Waals surface area contributed by atoms with Crippen molar-refractivity contribution in [1.29, 1.82) is 0 Å². The summed E-state index contributed by atoms with van der Waals surface area (Å²) in [4.78, 5) is 19.7. The molecule has 1 amide bonds. The zero-order valence-electron chi connectivity index (χ0n) is 14.2. The van der Waals surface area contributed by atoms with E-state index in [1.54, 1.807) is 43.3 Å². The number of amides is 1. The van der Waals surface area contributed by atoms with Gasteiger partial charge >= 0.3 is 6.18 Å². The SMILES string of the molecule is CC(Sc1nc(C(F)(F)F)nc2ccccc12)C(=O)Nc1cccc(Cl)c1Cl. The number of para-hydroxylation sites is 1. The van der Waals surface area contributed by atoms with Crippen molar-refractivity contribution in [1.82, 2.24) is 9.97 Å². The molecule has 1 atom stereocenters. The first-order valence-electron chi connectivity index (χ1n) is 7.92. The fourth-order valence-corrected chi connectivity index (χ4v) is 3.61. The summed E-state index contributed by atoms with van der Waals surface area (Å²) in [7, 11) is 0. The predicted molar refractivity (Wildman–Crippen MR) is 105 cm³/mol. The van der Waals surface area contributed by atoms with Crippen LogP contribution >= 0.6 is 35.0 Å². The molecule has 0 radical (unpaired) electrons. The molecular weight excluding hydrogens is 434 g/mol. The Morgan fingerprint density at radius 1 is 1.11 bits per heavy atom. The zero-order chi connectivity index (χ0) is 20.5. The van der Waals surface area contributed by atoms with Gasteiger partial charge in [0.2, 0.25) is 11.7 Å². The van der Waals surface area contributed by atoms with Crippen molar-refractivity contribution >= 4 is 57.5 Å². The van der Waals surface area contributed by atoms with Gasteiger partial charge in [0.25, 0.3) is 0 Å². The van der Waals surface area contributed by atoms with Crippen LogP contribution in [0, 0.1) is 0 Å². The zero-order valence-corrected chi connectivity index (χ0v) is 16.5. The summed E-state index contributed by atoms with van der Waals surface area (Å²) < 4.78 is 39.4. The Bertz CT molecular complexity index is 1050. The van der Waals surface area contributed by atoms with Gasteiger partial charge in [-0.25, -0.2) is 9.97 Å². The topological polar surface area (TPSA) is 54.9 Å². The Labute approximate surface area is 172 Å². The van der Waals surface area contributed by atoms with Gasteiger partial charge in [-0.1, -0.05) is 59.2 Å². The molecule has 0 saturated carbocycles. The Morgan fingerprint density at radius 3 is 2.54 bits per heavy atom. The number of aromatic nitrogens is 2. The summed E-state index contributed by atoms with van der Waals surface area (Å²) in [5.74, 6) is -1.70. The number of nitrogens with one attached hydrogen (secondary N) is 1. The first kappa shape index (κ1) is 20.7. The smallest absolute Gasteiger partial charge is 0.324 e. The summed E-state index contributed by atoms with van der Waals surface area (Å²) in [6.07, 6.45) is -4.70. The maximum Gasteiger partial charge on any atom is 0.451 e. The van der Waals surface area contributed by atoms with E-state index in [9.17, 15) is 18.0 Å². The molecule has 1 heterocycles. The van der Waals surface area contributed by atoms with Crippen molar-refractivity contribution in [2.75, 3.05) is 5.32 Å². The second-order valence-electron chi connectivity index (χ2n) is 5.72. The molecule has 1 unspecified atom stereocenters.